The molecule has 1 aliphatic rings. The number of amides is 1. The zero-order valence-corrected chi connectivity index (χ0v) is 11.4. The predicted octanol–water partition coefficient (Wildman–Crippen LogP) is 2.07. The first-order chi connectivity index (χ1) is 8.54. The molecule has 0 bridgehead atoms. The second-order valence-corrected chi connectivity index (χ2v) is 4.96. The molecule has 5 nitrogen and oxygen atoms in total. The molecule has 1 aromatic carbocycles. The van der Waals surface area contributed by atoms with E-state index in [1.54, 1.807) is 19.1 Å². The van der Waals surface area contributed by atoms with Crippen LogP contribution in [0.1, 0.15) is 13.3 Å². The molecule has 1 heterocycles. The van der Waals surface area contributed by atoms with Crippen molar-refractivity contribution in [2.75, 3.05) is 16.8 Å². The molecule has 1 aliphatic heterocycles. The Morgan fingerprint density at radius 2 is 2.33 bits per heavy atom. The standard InChI is InChI=1S/C12H13BrN2O3/c1-2-9(12(17)18)15-10-4-3-7(13)5-8(10)14-6-11(15)16/h3-5,9,14H,2,6H2,1H3,(H,17,18). The summed E-state index contributed by atoms with van der Waals surface area (Å²) in [6, 6.07) is 4.55. The van der Waals surface area contributed by atoms with Gasteiger partial charge in [0.05, 0.1) is 17.9 Å². The fourth-order valence-corrected chi connectivity index (χ4v) is 2.42. The monoisotopic (exact) mass is 312 g/mol. The van der Waals surface area contributed by atoms with Gasteiger partial charge < -0.3 is 10.4 Å². The Balaban J connectivity index is 2.47. The minimum atomic E-state index is -0.985. The molecule has 2 rings (SSSR count). The number of nitrogens with one attached hydrogen (secondary N) is 1. The van der Waals surface area contributed by atoms with Crippen molar-refractivity contribution in [1.29, 1.82) is 0 Å². The molecule has 18 heavy (non-hydrogen) atoms. The lowest BCUT2D eigenvalue weighted by atomic mass is 10.1. The molecule has 0 saturated heterocycles. The van der Waals surface area contributed by atoms with Crippen LogP contribution in [0.5, 0.6) is 0 Å². The van der Waals surface area contributed by atoms with Gasteiger partial charge in [-0.2, -0.15) is 0 Å². The molecule has 0 spiro atoms. The van der Waals surface area contributed by atoms with E-state index in [-0.39, 0.29) is 12.5 Å². The Hall–Kier alpha value is -1.56. The van der Waals surface area contributed by atoms with Gasteiger partial charge in [0, 0.05) is 4.47 Å². The molecule has 0 aliphatic carbocycles. The molecular formula is C12H13BrN2O3. The molecule has 1 aromatic rings. The van der Waals surface area contributed by atoms with Crippen LogP contribution in [0, 0.1) is 0 Å². The average Bonchev–Trinajstić information content (AvgIpc) is 2.32. The van der Waals surface area contributed by atoms with Crippen molar-refractivity contribution in [2.45, 2.75) is 19.4 Å². The van der Waals surface area contributed by atoms with Crippen molar-refractivity contribution in [3.63, 3.8) is 0 Å². The van der Waals surface area contributed by atoms with Gasteiger partial charge in [-0.1, -0.05) is 22.9 Å². The van der Waals surface area contributed by atoms with E-state index in [2.05, 4.69) is 21.2 Å². The zero-order chi connectivity index (χ0) is 13.3. The number of benzene rings is 1. The Labute approximate surface area is 113 Å². The molecule has 1 unspecified atom stereocenters. The Bertz CT molecular complexity index is 504. The van der Waals surface area contributed by atoms with Gasteiger partial charge in [0.15, 0.2) is 0 Å². The number of aliphatic carboxylic acids is 1. The van der Waals surface area contributed by atoms with Crippen LogP contribution in [0.15, 0.2) is 22.7 Å². The number of fused-ring (bicyclic) bond motifs is 1. The molecule has 0 radical (unpaired) electrons. The van der Waals surface area contributed by atoms with Gasteiger partial charge in [-0.05, 0) is 24.6 Å². The highest BCUT2D eigenvalue weighted by Gasteiger charge is 2.33. The summed E-state index contributed by atoms with van der Waals surface area (Å²) in [5.41, 5.74) is 1.38. The summed E-state index contributed by atoms with van der Waals surface area (Å²) in [6.07, 6.45) is 0.372. The van der Waals surface area contributed by atoms with Crippen LogP contribution in [0.25, 0.3) is 0 Å². The van der Waals surface area contributed by atoms with Crippen LogP contribution >= 0.6 is 15.9 Å². The smallest absolute Gasteiger partial charge is 0.326 e. The second-order valence-electron chi connectivity index (χ2n) is 4.04. The molecule has 0 saturated carbocycles. The van der Waals surface area contributed by atoms with Crippen molar-refractivity contribution in [3.05, 3.63) is 22.7 Å². The number of hydrogen-bond donors (Lipinski definition) is 2. The number of anilines is 2. The maximum atomic E-state index is 11.9. The number of nitrogens with zero attached hydrogens (tertiary/aromatic N) is 1. The summed E-state index contributed by atoms with van der Waals surface area (Å²) in [6.45, 7) is 1.87. The predicted molar refractivity (Wildman–Crippen MR) is 71.8 cm³/mol. The first-order valence-electron chi connectivity index (χ1n) is 5.63. The summed E-state index contributed by atoms with van der Waals surface area (Å²) >= 11 is 3.35. The van der Waals surface area contributed by atoms with E-state index in [9.17, 15) is 14.7 Å². The third kappa shape index (κ3) is 2.20. The van der Waals surface area contributed by atoms with Gasteiger partial charge in [0.2, 0.25) is 5.91 Å². The van der Waals surface area contributed by atoms with Crippen molar-refractivity contribution in [1.82, 2.24) is 0 Å². The Morgan fingerprint density at radius 1 is 1.61 bits per heavy atom. The lowest BCUT2D eigenvalue weighted by Gasteiger charge is -2.34. The van der Waals surface area contributed by atoms with Gasteiger partial charge >= 0.3 is 5.97 Å². The van der Waals surface area contributed by atoms with Gasteiger partial charge in [-0.15, -0.1) is 0 Å². The first kappa shape index (κ1) is 12.9. The third-order valence-electron chi connectivity index (χ3n) is 2.90. The summed E-state index contributed by atoms with van der Waals surface area (Å²) in [4.78, 5) is 24.5. The minimum Gasteiger partial charge on any atom is -0.480 e. The zero-order valence-electron chi connectivity index (χ0n) is 9.81. The van der Waals surface area contributed by atoms with E-state index in [0.29, 0.717) is 12.1 Å². The van der Waals surface area contributed by atoms with Crippen molar-refractivity contribution < 1.29 is 14.7 Å². The van der Waals surface area contributed by atoms with Crippen molar-refractivity contribution in [2.24, 2.45) is 0 Å². The van der Waals surface area contributed by atoms with Crippen LogP contribution in [-0.4, -0.2) is 29.6 Å². The SMILES string of the molecule is CCC(C(=O)O)N1C(=O)CNc2cc(Br)ccc21. The normalized spacial score (nSPS) is 15.9. The molecule has 2 N–H and O–H groups in total. The van der Waals surface area contributed by atoms with E-state index < -0.39 is 12.0 Å². The quantitative estimate of drug-likeness (QED) is 0.896. The van der Waals surface area contributed by atoms with Crippen LogP contribution in [0.4, 0.5) is 11.4 Å². The number of carbonyl (C=O) groups excluding carboxylic acids is 1. The Kier molecular flexibility index (Phi) is 3.56. The molecular weight excluding hydrogens is 300 g/mol. The van der Waals surface area contributed by atoms with Crippen LogP contribution < -0.4 is 10.2 Å². The van der Waals surface area contributed by atoms with E-state index in [4.69, 9.17) is 0 Å². The van der Waals surface area contributed by atoms with Gasteiger partial charge in [0.25, 0.3) is 0 Å². The fourth-order valence-electron chi connectivity index (χ4n) is 2.06. The number of carboxylic acids is 1. The first-order valence-corrected chi connectivity index (χ1v) is 6.42. The minimum absolute atomic E-state index is 0.118. The largest absolute Gasteiger partial charge is 0.480 e. The highest BCUT2D eigenvalue weighted by Crippen LogP contribution is 2.33. The maximum Gasteiger partial charge on any atom is 0.326 e. The maximum absolute atomic E-state index is 11.9. The van der Waals surface area contributed by atoms with Crippen LogP contribution in [0.2, 0.25) is 0 Å². The molecule has 1 atom stereocenters. The van der Waals surface area contributed by atoms with Crippen LogP contribution in [0.3, 0.4) is 0 Å². The van der Waals surface area contributed by atoms with E-state index in [0.717, 1.165) is 10.2 Å². The summed E-state index contributed by atoms with van der Waals surface area (Å²) < 4.78 is 0.881. The number of halogens is 1. The van der Waals surface area contributed by atoms with E-state index in [1.807, 2.05) is 6.07 Å². The third-order valence-corrected chi connectivity index (χ3v) is 3.39. The Morgan fingerprint density at radius 3 is 2.94 bits per heavy atom. The van der Waals surface area contributed by atoms with Gasteiger partial charge in [-0.3, -0.25) is 9.69 Å². The molecule has 0 aromatic heterocycles. The lowest BCUT2D eigenvalue weighted by molar-refractivity contribution is -0.140. The number of carbonyl (C=O) groups is 2. The van der Waals surface area contributed by atoms with Crippen molar-refractivity contribution >= 4 is 39.2 Å². The number of carboxylic acid groups (broad SMARTS) is 1. The number of hydrogen-bond acceptors (Lipinski definition) is 3. The lowest BCUT2D eigenvalue weighted by Crippen LogP contribution is -2.49. The summed E-state index contributed by atoms with van der Waals surface area (Å²) in [5, 5.41) is 12.2. The summed E-state index contributed by atoms with van der Waals surface area (Å²) in [7, 11) is 0. The fraction of sp³-hybridized carbons (Fsp3) is 0.333. The molecule has 1 amide bonds. The topological polar surface area (TPSA) is 69.6 Å². The highest BCUT2D eigenvalue weighted by molar-refractivity contribution is 9.10. The summed E-state index contributed by atoms with van der Waals surface area (Å²) in [5.74, 6) is -1.21. The number of rotatable bonds is 3. The average molecular weight is 313 g/mol. The van der Waals surface area contributed by atoms with Gasteiger partial charge in [-0.25, -0.2) is 4.79 Å². The molecule has 6 heteroatoms. The van der Waals surface area contributed by atoms with Crippen LogP contribution in [-0.2, 0) is 9.59 Å². The van der Waals surface area contributed by atoms with E-state index in [1.165, 1.54) is 4.90 Å². The second kappa shape index (κ2) is 4.97. The highest BCUT2D eigenvalue weighted by atomic mass is 79.9. The van der Waals surface area contributed by atoms with E-state index >= 15 is 0 Å². The van der Waals surface area contributed by atoms with Gasteiger partial charge in [0.1, 0.15) is 6.04 Å². The molecule has 96 valence electrons. The molecule has 0 fully saturated rings. The van der Waals surface area contributed by atoms with Crippen molar-refractivity contribution in [3.8, 4) is 0 Å².